The molecule has 5 heteroatoms. The van der Waals surface area contributed by atoms with Crippen molar-refractivity contribution >= 4 is 17.4 Å². The highest BCUT2D eigenvalue weighted by Gasteiger charge is 2.13. The Morgan fingerprint density at radius 1 is 1.30 bits per heavy atom. The van der Waals surface area contributed by atoms with Crippen LogP contribution >= 0.6 is 0 Å². The third-order valence-corrected chi connectivity index (χ3v) is 2.96. The van der Waals surface area contributed by atoms with Crippen molar-refractivity contribution in [3.8, 4) is 0 Å². The molecule has 1 amide bonds. The van der Waals surface area contributed by atoms with E-state index >= 15 is 0 Å². The van der Waals surface area contributed by atoms with Crippen molar-refractivity contribution < 1.29 is 9.59 Å². The number of rotatable bonds is 4. The van der Waals surface area contributed by atoms with Crippen LogP contribution in [-0.2, 0) is 6.54 Å². The number of carbonyl (C=O) groups excluding carboxylic acids is 2. The third-order valence-electron chi connectivity index (χ3n) is 2.96. The highest BCUT2D eigenvalue weighted by atomic mass is 16.2. The molecule has 2 aromatic rings. The van der Waals surface area contributed by atoms with E-state index in [2.05, 4.69) is 10.4 Å². The predicted octanol–water partition coefficient (Wildman–Crippen LogP) is 2.67. The third kappa shape index (κ3) is 2.93. The Morgan fingerprint density at radius 2 is 2.05 bits per heavy atom. The summed E-state index contributed by atoms with van der Waals surface area (Å²) in [5, 5.41) is 7.03. The summed E-state index contributed by atoms with van der Waals surface area (Å²) >= 11 is 0. The van der Waals surface area contributed by atoms with Crippen LogP contribution in [0.2, 0.25) is 0 Å². The first-order valence-corrected chi connectivity index (χ1v) is 6.48. The van der Waals surface area contributed by atoms with Crippen molar-refractivity contribution in [2.24, 2.45) is 0 Å². The monoisotopic (exact) mass is 271 g/mol. The van der Waals surface area contributed by atoms with E-state index < -0.39 is 0 Å². The van der Waals surface area contributed by atoms with Gasteiger partial charge in [-0.25, -0.2) is 0 Å². The molecule has 0 spiro atoms. The van der Waals surface area contributed by atoms with E-state index in [-0.39, 0.29) is 11.7 Å². The fourth-order valence-electron chi connectivity index (χ4n) is 1.98. The Kier molecular flexibility index (Phi) is 3.98. The summed E-state index contributed by atoms with van der Waals surface area (Å²) in [5.41, 5.74) is 2.49. The van der Waals surface area contributed by atoms with Crippen molar-refractivity contribution in [3.05, 3.63) is 47.3 Å². The zero-order chi connectivity index (χ0) is 14.7. The van der Waals surface area contributed by atoms with Crippen molar-refractivity contribution in [2.75, 3.05) is 5.32 Å². The van der Waals surface area contributed by atoms with Crippen LogP contribution in [0.1, 0.15) is 40.4 Å². The number of hydrogen-bond donors (Lipinski definition) is 1. The van der Waals surface area contributed by atoms with Gasteiger partial charge in [-0.1, -0.05) is 12.1 Å². The molecule has 1 N–H and O–H groups in total. The van der Waals surface area contributed by atoms with Gasteiger partial charge in [0.15, 0.2) is 5.78 Å². The Morgan fingerprint density at radius 3 is 2.70 bits per heavy atom. The molecule has 0 aliphatic heterocycles. The molecular weight excluding hydrogens is 254 g/mol. The lowest BCUT2D eigenvalue weighted by Gasteiger charge is -2.07. The molecule has 0 unspecified atom stereocenters. The number of nitrogens with zero attached hydrogens (tertiary/aromatic N) is 2. The smallest absolute Gasteiger partial charge is 0.273 e. The van der Waals surface area contributed by atoms with E-state index in [4.69, 9.17) is 0 Å². The number of amides is 1. The molecule has 0 saturated carbocycles. The average Bonchev–Trinajstić information content (AvgIpc) is 2.80. The maximum atomic E-state index is 12.2. The average molecular weight is 271 g/mol. The number of benzene rings is 1. The summed E-state index contributed by atoms with van der Waals surface area (Å²) in [5.74, 6) is -0.260. The largest absolute Gasteiger partial charge is 0.321 e. The zero-order valence-electron chi connectivity index (χ0n) is 11.8. The highest BCUT2D eigenvalue weighted by Crippen LogP contribution is 2.13. The molecule has 1 aromatic carbocycles. The number of anilines is 1. The Hall–Kier alpha value is -2.43. The summed E-state index contributed by atoms with van der Waals surface area (Å²) in [6, 6.07) is 8.63. The fourth-order valence-corrected chi connectivity index (χ4v) is 1.98. The number of aromatic nitrogens is 2. The molecule has 2 rings (SSSR count). The maximum absolute atomic E-state index is 12.2. The second-order valence-corrected chi connectivity index (χ2v) is 4.58. The second kappa shape index (κ2) is 5.69. The molecule has 0 fully saturated rings. The van der Waals surface area contributed by atoms with E-state index in [1.54, 1.807) is 35.0 Å². The van der Waals surface area contributed by atoms with Gasteiger partial charge in [-0.2, -0.15) is 5.10 Å². The van der Waals surface area contributed by atoms with Crippen LogP contribution in [0.15, 0.2) is 30.3 Å². The van der Waals surface area contributed by atoms with Crippen LogP contribution in [0.5, 0.6) is 0 Å². The standard InChI is InChI=1S/C15H17N3O2/c1-4-18-14(8-10(2)17-18)15(20)16-13-7-5-6-12(9-13)11(3)19/h5-9H,4H2,1-3H3,(H,16,20). The minimum Gasteiger partial charge on any atom is -0.321 e. The SMILES string of the molecule is CCn1nc(C)cc1C(=O)Nc1cccc(C(C)=O)c1. The van der Waals surface area contributed by atoms with Crippen molar-refractivity contribution in [3.63, 3.8) is 0 Å². The van der Waals surface area contributed by atoms with Gasteiger partial charge < -0.3 is 5.32 Å². The van der Waals surface area contributed by atoms with Gasteiger partial charge >= 0.3 is 0 Å². The highest BCUT2D eigenvalue weighted by molar-refractivity contribution is 6.04. The molecule has 0 aliphatic carbocycles. The van der Waals surface area contributed by atoms with Crippen LogP contribution in [0.4, 0.5) is 5.69 Å². The van der Waals surface area contributed by atoms with Crippen molar-refractivity contribution in [2.45, 2.75) is 27.3 Å². The minimum atomic E-state index is -0.229. The van der Waals surface area contributed by atoms with Gasteiger partial charge in [0.1, 0.15) is 5.69 Å². The summed E-state index contributed by atoms with van der Waals surface area (Å²) in [6.45, 7) is 5.90. The summed E-state index contributed by atoms with van der Waals surface area (Å²) in [4.78, 5) is 23.6. The van der Waals surface area contributed by atoms with Gasteiger partial charge in [0, 0.05) is 17.8 Å². The molecular formula is C15H17N3O2. The van der Waals surface area contributed by atoms with E-state index in [9.17, 15) is 9.59 Å². The van der Waals surface area contributed by atoms with Gasteiger partial charge in [0.05, 0.1) is 5.69 Å². The van der Waals surface area contributed by atoms with Gasteiger partial charge in [0.2, 0.25) is 0 Å². The van der Waals surface area contributed by atoms with Crippen molar-refractivity contribution in [1.82, 2.24) is 9.78 Å². The van der Waals surface area contributed by atoms with Gasteiger partial charge in [-0.15, -0.1) is 0 Å². The molecule has 0 saturated heterocycles. The molecule has 5 nitrogen and oxygen atoms in total. The predicted molar refractivity (Wildman–Crippen MR) is 77.0 cm³/mol. The fraction of sp³-hybridized carbons (Fsp3) is 0.267. The van der Waals surface area contributed by atoms with E-state index in [0.29, 0.717) is 23.5 Å². The molecule has 1 heterocycles. The van der Waals surface area contributed by atoms with Crippen LogP contribution in [0, 0.1) is 6.92 Å². The van der Waals surface area contributed by atoms with Gasteiger partial charge in [-0.3, -0.25) is 14.3 Å². The minimum absolute atomic E-state index is 0.0319. The number of carbonyl (C=O) groups is 2. The first kappa shape index (κ1) is 14.0. The zero-order valence-corrected chi connectivity index (χ0v) is 11.8. The maximum Gasteiger partial charge on any atom is 0.273 e. The molecule has 1 aromatic heterocycles. The number of Topliss-reactive ketones (excluding diaryl/α,β-unsaturated/α-hetero) is 1. The summed E-state index contributed by atoms with van der Waals surface area (Å²) < 4.78 is 1.65. The van der Waals surface area contributed by atoms with Crippen molar-refractivity contribution in [1.29, 1.82) is 0 Å². The van der Waals surface area contributed by atoms with Crippen LogP contribution in [-0.4, -0.2) is 21.5 Å². The topological polar surface area (TPSA) is 64.0 Å². The normalized spacial score (nSPS) is 10.3. The lowest BCUT2D eigenvalue weighted by atomic mass is 10.1. The Bertz CT molecular complexity index is 659. The summed E-state index contributed by atoms with van der Waals surface area (Å²) in [7, 11) is 0. The molecule has 0 radical (unpaired) electrons. The van der Waals surface area contributed by atoms with Crippen LogP contribution in [0.25, 0.3) is 0 Å². The van der Waals surface area contributed by atoms with E-state index in [0.717, 1.165) is 5.69 Å². The van der Waals surface area contributed by atoms with Gasteiger partial charge in [0.25, 0.3) is 5.91 Å². The Balaban J connectivity index is 2.23. The molecule has 20 heavy (non-hydrogen) atoms. The number of ketones is 1. The summed E-state index contributed by atoms with van der Waals surface area (Å²) in [6.07, 6.45) is 0. The molecule has 0 aliphatic rings. The Labute approximate surface area is 117 Å². The van der Waals surface area contributed by atoms with Gasteiger partial charge in [-0.05, 0) is 39.0 Å². The van der Waals surface area contributed by atoms with E-state index in [1.165, 1.54) is 6.92 Å². The number of aryl methyl sites for hydroxylation is 2. The van der Waals surface area contributed by atoms with E-state index in [1.807, 2.05) is 13.8 Å². The first-order valence-electron chi connectivity index (χ1n) is 6.48. The quantitative estimate of drug-likeness (QED) is 0.869. The van der Waals surface area contributed by atoms with Crippen LogP contribution in [0.3, 0.4) is 0 Å². The molecule has 104 valence electrons. The number of hydrogen-bond acceptors (Lipinski definition) is 3. The molecule has 0 bridgehead atoms. The molecule has 0 atom stereocenters. The van der Waals surface area contributed by atoms with Crippen LogP contribution < -0.4 is 5.32 Å². The lowest BCUT2D eigenvalue weighted by molar-refractivity contribution is 0.100. The lowest BCUT2D eigenvalue weighted by Crippen LogP contribution is -2.17. The number of nitrogens with one attached hydrogen (secondary N) is 1. The second-order valence-electron chi connectivity index (χ2n) is 4.58. The first-order chi connectivity index (χ1) is 9.51.